The largest absolute Gasteiger partial charge is 0.341 e. The molecule has 2 N–H and O–H groups in total. The maximum atomic E-state index is 12.1. The van der Waals surface area contributed by atoms with Crippen molar-refractivity contribution in [2.45, 2.75) is 38.6 Å². The van der Waals surface area contributed by atoms with E-state index in [1.54, 1.807) is 0 Å². The lowest BCUT2D eigenvalue weighted by molar-refractivity contribution is -0.133. The third-order valence-corrected chi connectivity index (χ3v) is 3.73. The second-order valence-corrected chi connectivity index (χ2v) is 5.48. The first kappa shape index (κ1) is 14.5. The van der Waals surface area contributed by atoms with Crippen molar-refractivity contribution >= 4 is 5.91 Å². The second-order valence-electron chi connectivity index (χ2n) is 5.48. The predicted molar refractivity (Wildman–Crippen MR) is 70.7 cm³/mol. The quantitative estimate of drug-likeness (QED) is 0.778. The van der Waals surface area contributed by atoms with Gasteiger partial charge in [-0.25, -0.2) is 0 Å². The van der Waals surface area contributed by atoms with E-state index in [0.29, 0.717) is 30.8 Å². The van der Waals surface area contributed by atoms with Gasteiger partial charge in [-0.05, 0) is 45.8 Å². The molecule has 1 rings (SSSR count). The number of carbonyl (C=O) groups is 1. The third kappa shape index (κ3) is 4.64. The van der Waals surface area contributed by atoms with Gasteiger partial charge in [0.05, 0.1) is 0 Å². The molecule has 0 aromatic carbocycles. The molecule has 0 aromatic rings. The Morgan fingerprint density at radius 3 is 2.82 bits per heavy atom. The van der Waals surface area contributed by atoms with Crippen LogP contribution in [0.2, 0.25) is 0 Å². The summed E-state index contributed by atoms with van der Waals surface area (Å²) >= 11 is 0. The van der Waals surface area contributed by atoms with Crippen molar-refractivity contribution in [3.8, 4) is 0 Å². The van der Waals surface area contributed by atoms with Gasteiger partial charge < -0.3 is 15.5 Å². The highest BCUT2D eigenvalue weighted by Gasteiger charge is 2.24. The minimum atomic E-state index is 0.303. The van der Waals surface area contributed by atoms with Crippen molar-refractivity contribution in [1.82, 2.24) is 9.80 Å². The normalized spacial score (nSPS) is 22.9. The van der Waals surface area contributed by atoms with Crippen LogP contribution in [0.25, 0.3) is 0 Å². The Balaban J connectivity index is 2.36. The zero-order chi connectivity index (χ0) is 12.8. The average molecular weight is 241 g/mol. The van der Waals surface area contributed by atoms with E-state index in [9.17, 15) is 4.79 Å². The maximum absolute atomic E-state index is 12.1. The molecule has 1 aliphatic rings. The number of nitrogens with zero attached hydrogens (tertiary/aromatic N) is 2. The van der Waals surface area contributed by atoms with Crippen LogP contribution in [-0.4, -0.2) is 55.5 Å². The van der Waals surface area contributed by atoms with Gasteiger partial charge >= 0.3 is 0 Å². The van der Waals surface area contributed by atoms with Crippen LogP contribution in [0, 0.1) is 5.92 Å². The van der Waals surface area contributed by atoms with Gasteiger partial charge in [0, 0.05) is 25.6 Å². The van der Waals surface area contributed by atoms with E-state index in [2.05, 4.69) is 25.9 Å². The van der Waals surface area contributed by atoms with Crippen LogP contribution in [0.3, 0.4) is 0 Å². The SMILES string of the molecule is CC(CN)CCC(=O)N1CCCC(N(C)C)C1. The van der Waals surface area contributed by atoms with Crippen molar-refractivity contribution in [2.75, 3.05) is 33.7 Å². The third-order valence-electron chi connectivity index (χ3n) is 3.73. The molecular formula is C13H27N3O. The molecule has 1 fully saturated rings. The molecule has 1 saturated heterocycles. The zero-order valence-corrected chi connectivity index (χ0v) is 11.5. The highest BCUT2D eigenvalue weighted by atomic mass is 16.2. The minimum absolute atomic E-state index is 0.303. The van der Waals surface area contributed by atoms with Gasteiger partial charge in [0.2, 0.25) is 5.91 Å². The number of likely N-dealkylation sites (N-methyl/N-ethyl adjacent to an activating group) is 1. The Labute approximate surface area is 105 Å². The summed E-state index contributed by atoms with van der Waals surface area (Å²) in [5.41, 5.74) is 5.57. The molecule has 0 spiro atoms. The number of likely N-dealkylation sites (tertiary alicyclic amines) is 1. The lowest BCUT2D eigenvalue weighted by atomic mass is 10.0. The van der Waals surface area contributed by atoms with Gasteiger partial charge in [0.15, 0.2) is 0 Å². The molecular weight excluding hydrogens is 214 g/mol. The summed E-state index contributed by atoms with van der Waals surface area (Å²) in [6.07, 6.45) is 3.90. The smallest absolute Gasteiger partial charge is 0.222 e. The summed E-state index contributed by atoms with van der Waals surface area (Å²) in [6, 6.07) is 0.527. The van der Waals surface area contributed by atoms with Crippen molar-refractivity contribution in [1.29, 1.82) is 0 Å². The van der Waals surface area contributed by atoms with E-state index >= 15 is 0 Å². The molecule has 1 aliphatic heterocycles. The minimum Gasteiger partial charge on any atom is -0.341 e. The van der Waals surface area contributed by atoms with Gasteiger partial charge in [0.1, 0.15) is 0 Å². The van der Waals surface area contributed by atoms with Gasteiger partial charge in [-0.3, -0.25) is 4.79 Å². The molecule has 1 heterocycles. The summed E-state index contributed by atoms with van der Waals surface area (Å²) in [5, 5.41) is 0. The van der Waals surface area contributed by atoms with Crippen LogP contribution in [0.5, 0.6) is 0 Å². The molecule has 0 saturated carbocycles. The zero-order valence-electron chi connectivity index (χ0n) is 11.5. The molecule has 0 radical (unpaired) electrons. The second kappa shape index (κ2) is 6.97. The average Bonchev–Trinajstić information content (AvgIpc) is 2.35. The van der Waals surface area contributed by atoms with E-state index in [1.807, 2.05) is 4.90 Å². The molecule has 100 valence electrons. The Bertz CT molecular complexity index is 243. The summed E-state index contributed by atoms with van der Waals surface area (Å²) < 4.78 is 0. The molecule has 2 unspecified atom stereocenters. The molecule has 0 aliphatic carbocycles. The van der Waals surface area contributed by atoms with Gasteiger partial charge in [-0.2, -0.15) is 0 Å². The van der Waals surface area contributed by atoms with Crippen LogP contribution in [0.4, 0.5) is 0 Å². The molecule has 0 bridgehead atoms. The van der Waals surface area contributed by atoms with Crippen LogP contribution in [0.1, 0.15) is 32.6 Å². The number of nitrogens with two attached hydrogens (primary N) is 1. The lowest BCUT2D eigenvalue weighted by Gasteiger charge is -2.36. The highest BCUT2D eigenvalue weighted by Crippen LogP contribution is 2.16. The van der Waals surface area contributed by atoms with Gasteiger partial charge in [-0.15, -0.1) is 0 Å². The fraction of sp³-hybridized carbons (Fsp3) is 0.923. The summed E-state index contributed by atoms with van der Waals surface area (Å²) in [7, 11) is 4.18. The van der Waals surface area contributed by atoms with Crippen molar-refractivity contribution in [3.63, 3.8) is 0 Å². The van der Waals surface area contributed by atoms with Crippen molar-refractivity contribution < 1.29 is 4.79 Å². The first-order valence-electron chi connectivity index (χ1n) is 6.68. The molecule has 0 aromatic heterocycles. The fourth-order valence-corrected chi connectivity index (χ4v) is 2.25. The van der Waals surface area contributed by atoms with Crippen molar-refractivity contribution in [2.24, 2.45) is 11.7 Å². The van der Waals surface area contributed by atoms with Gasteiger partial charge in [-0.1, -0.05) is 6.92 Å². The highest BCUT2D eigenvalue weighted by molar-refractivity contribution is 5.76. The number of hydrogen-bond acceptors (Lipinski definition) is 3. The number of piperidine rings is 1. The molecule has 4 heteroatoms. The number of carbonyl (C=O) groups excluding carboxylic acids is 1. The van der Waals surface area contributed by atoms with Crippen LogP contribution >= 0.6 is 0 Å². The topological polar surface area (TPSA) is 49.6 Å². The molecule has 17 heavy (non-hydrogen) atoms. The first-order valence-corrected chi connectivity index (χ1v) is 6.68. The number of hydrogen-bond donors (Lipinski definition) is 1. The van der Waals surface area contributed by atoms with E-state index < -0.39 is 0 Å². The summed E-state index contributed by atoms with van der Waals surface area (Å²) in [4.78, 5) is 16.3. The van der Waals surface area contributed by atoms with Crippen LogP contribution in [-0.2, 0) is 4.79 Å². The van der Waals surface area contributed by atoms with Crippen LogP contribution < -0.4 is 5.73 Å². The van der Waals surface area contributed by atoms with Crippen LogP contribution in [0.15, 0.2) is 0 Å². The molecule has 4 nitrogen and oxygen atoms in total. The standard InChI is InChI=1S/C13H27N3O/c1-11(9-14)6-7-13(17)16-8-4-5-12(10-16)15(2)3/h11-12H,4-10,14H2,1-3H3. The Morgan fingerprint density at radius 1 is 1.53 bits per heavy atom. The number of amides is 1. The summed E-state index contributed by atoms with van der Waals surface area (Å²) in [6.45, 7) is 4.60. The monoisotopic (exact) mass is 241 g/mol. The van der Waals surface area contributed by atoms with E-state index in [4.69, 9.17) is 5.73 Å². The maximum Gasteiger partial charge on any atom is 0.222 e. The van der Waals surface area contributed by atoms with Gasteiger partial charge in [0.25, 0.3) is 0 Å². The van der Waals surface area contributed by atoms with E-state index in [1.165, 1.54) is 6.42 Å². The number of rotatable bonds is 5. The first-order chi connectivity index (χ1) is 8.04. The van der Waals surface area contributed by atoms with E-state index in [0.717, 1.165) is 25.9 Å². The Kier molecular flexibility index (Phi) is 5.92. The molecule has 1 amide bonds. The lowest BCUT2D eigenvalue weighted by Crippen LogP contribution is -2.47. The fourth-order valence-electron chi connectivity index (χ4n) is 2.25. The summed E-state index contributed by atoms with van der Waals surface area (Å²) in [5.74, 6) is 0.755. The van der Waals surface area contributed by atoms with Crippen molar-refractivity contribution in [3.05, 3.63) is 0 Å². The predicted octanol–water partition coefficient (Wildman–Crippen LogP) is 0.914. The molecule has 2 atom stereocenters. The Morgan fingerprint density at radius 2 is 2.24 bits per heavy atom. The van der Waals surface area contributed by atoms with E-state index in [-0.39, 0.29) is 0 Å². The Hall–Kier alpha value is -0.610.